The highest BCUT2D eigenvalue weighted by molar-refractivity contribution is 7.92. The molecule has 0 fully saturated rings. The summed E-state index contributed by atoms with van der Waals surface area (Å²) in [6, 6.07) is 15.5. The van der Waals surface area contributed by atoms with Crippen LogP contribution in [0, 0.1) is 0 Å². The lowest BCUT2D eigenvalue weighted by atomic mass is 10.0. The van der Waals surface area contributed by atoms with Gasteiger partial charge in [0.05, 0.1) is 37.1 Å². The van der Waals surface area contributed by atoms with Gasteiger partial charge < -0.3 is 10.2 Å². The Bertz CT molecular complexity index is 1470. The number of anilines is 1. The number of nitrogens with one attached hydrogen (secondary N) is 1. The van der Waals surface area contributed by atoms with Crippen LogP contribution < -0.4 is 9.62 Å². The predicted molar refractivity (Wildman–Crippen MR) is 159 cm³/mol. The number of carbonyl (C=O) groups excluding carboxylic acids is 2. The molecule has 0 heterocycles. The topological polar surface area (TPSA) is 86.8 Å². The van der Waals surface area contributed by atoms with Crippen LogP contribution in [0.15, 0.2) is 60.7 Å². The average molecular weight is 652 g/mol. The van der Waals surface area contributed by atoms with Gasteiger partial charge in [-0.3, -0.25) is 13.9 Å². The van der Waals surface area contributed by atoms with E-state index in [0.29, 0.717) is 10.6 Å². The minimum absolute atomic E-state index is 0.0224. The minimum atomic E-state index is -4.03. The Balaban J connectivity index is 2.08. The number of sulfonamides is 1. The Kier molecular flexibility index (Phi) is 10.8. The van der Waals surface area contributed by atoms with Gasteiger partial charge in [-0.05, 0) is 35.4 Å². The number of nitrogens with zero attached hydrogens (tertiary/aromatic N) is 2. The zero-order valence-electron chi connectivity index (χ0n) is 20.8. The van der Waals surface area contributed by atoms with Crippen molar-refractivity contribution in [2.45, 2.75) is 19.0 Å². The predicted octanol–water partition coefficient (Wildman–Crippen LogP) is 6.11. The van der Waals surface area contributed by atoms with Crippen molar-refractivity contribution in [1.82, 2.24) is 10.2 Å². The van der Waals surface area contributed by atoms with E-state index in [0.717, 1.165) is 16.1 Å². The molecule has 39 heavy (non-hydrogen) atoms. The molecule has 0 aliphatic carbocycles. The van der Waals surface area contributed by atoms with E-state index in [1.165, 1.54) is 24.1 Å². The minimum Gasteiger partial charge on any atom is -0.357 e. The maximum atomic E-state index is 13.9. The molecule has 13 heteroatoms. The molecule has 0 radical (unpaired) electrons. The van der Waals surface area contributed by atoms with Gasteiger partial charge >= 0.3 is 0 Å². The summed E-state index contributed by atoms with van der Waals surface area (Å²) >= 11 is 30.7. The zero-order valence-corrected chi connectivity index (χ0v) is 25.4. The highest BCUT2D eigenvalue weighted by atomic mass is 35.5. The molecule has 0 aliphatic rings. The first kappa shape index (κ1) is 31.3. The Morgan fingerprint density at radius 3 is 2.03 bits per heavy atom. The third-order valence-corrected chi connectivity index (χ3v) is 8.68. The lowest BCUT2D eigenvalue weighted by molar-refractivity contribution is -0.139. The fourth-order valence-corrected chi connectivity index (χ4v) is 5.72. The van der Waals surface area contributed by atoms with Gasteiger partial charge in [-0.2, -0.15) is 0 Å². The second-order valence-electron chi connectivity index (χ2n) is 8.58. The Labute approximate surface area is 252 Å². The van der Waals surface area contributed by atoms with Crippen LogP contribution in [0.1, 0.15) is 11.1 Å². The number of benzene rings is 3. The molecule has 0 spiro atoms. The lowest BCUT2D eigenvalue weighted by Crippen LogP contribution is -2.52. The molecule has 0 saturated heterocycles. The van der Waals surface area contributed by atoms with Crippen molar-refractivity contribution in [3.63, 3.8) is 0 Å². The highest BCUT2D eigenvalue weighted by Crippen LogP contribution is 2.36. The number of likely N-dealkylation sites (N-methyl/N-ethyl adjacent to an activating group) is 1. The van der Waals surface area contributed by atoms with Gasteiger partial charge in [0.1, 0.15) is 12.6 Å². The summed E-state index contributed by atoms with van der Waals surface area (Å²) in [6.07, 6.45) is 1.10. The number of rotatable bonds is 10. The van der Waals surface area contributed by atoms with Crippen LogP contribution in [0.3, 0.4) is 0 Å². The number of hydrogen-bond donors (Lipinski definition) is 1. The number of amides is 2. The van der Waals surface area contributed by atoms with Crippen LogP contribution in [0.5, 0.6) is 0 Å². The van der Waals surface area contributed by atoms with Gasteiger partial charge in [-0.1, -0.05) is 94.4 Å². The van der Waals surface area contributed by atoms with Gasteiger partial charge in [0.15, 0.2) is 0 Å². The van der Waals surface area contributed by atoms with E-state index in [9.17, 15) is 18.0 Å². The van der Waals surface area contributed by atoms with Gasteiger partial charge in [0.2, 0.25) is 21.8 Å². The summed E-state index contributed by atoms with van der Waals surface area (Å²) in [7, 11) is -2.57. The monoisotopic (exact) mass is 649 g/mol. The molecule has 0 saturated carbocycles. The molecule has 1 N–H and O–H groups in total. The number of hydrogen-bond acceptors (Lipinski definition) is 4. The summed E-state index contributed by atoms with van der Waals surface area (Å²) in [5, 5.41) is 3.34. The van der Waals surface area contributed by atoms with Crippen LogP contribution in [0.25, 0.3) is 0 Å². The largest absolute Gasteiger partial charge is 0.357 e. The second-order valence-corrected chi connectivity index (χ2v) is 12.5. The summed E-state index contributed by atoms with van der Waals surface area (Å²) in [5.41, 5.74) is 1.35. The average Bonchev–Trinajstić information content (AvgIpc) is 2.88. The first-order valence-corrected chi connectivity index (χ1v) is 15.2. The van der Waals surface area contributed by atoms with Crippen LogP contribution in [-0.2, 0) is 32.6 Å². The molecular weight excluding hydrogens is 628 g/mol. The highest BCUT2D eigenvalue weighted by Gasteiger charge is 2.33. The van der Waals surface area contributed by atoms with Crippen molar-refractivity contribution in [1.29, 1.82) is 0 Å². The third-order valence-electron chi connectivity index (χ3n) is 5.79. The Morgan fingerprint density at radius 1 is 0.821 bits per heavy atom. The van der Waals surface area contributed by atoms with Gasteiger partial charge in [-0.15, -0.1) is 0 Å². The lowest BCUT2D eigenvalue weighted by Gasteiger charge is -2.33. The first-order chi connectivity index (χ1) is 18.3. The SMILES string of the molecule is CNC(=O)[C@H](Cc1ccccc1)N(Cc1ccc(Cl)c(Cl)c1)C(=O)CN(c1cc(Cl)c(Cl)cc1Cl)S(C)(=O)=O. The van der Waals surface area contributed by atoms with Crippen LogP contribution in [0.2, 0.25) is 25.1 Å². The van der Waals surface area contributed by atoms with Gasteiger partial charge in [0.25, 0.3) is 0 Å². The van der Waals surface area contributed by atoms with Gasteiger partial charge in [0, 0.05) is 20.0 Å². The maximum Gasteiger partial charge on any atom is 0.244 e. The normalized spacial score (nSPS) is 12.1. The van der Waals surface area contributed by atoms with Crippen molar-refractivity contribution < 1.29 is 18.0 Å². The van der Waals surface area contributed by atoms with Crippen molar-refractivity contribution in [3.8, 4) is 0 Å². The van der Waals surface area contributed by atoms with E-state index < -0.39 is 34.4 Å². The molecule has 208 valence electrons. The standard InChI is InChI=1S/C26H24Cl5N3O4S/c1-32-26(36)24(11-16-6-4-3-5-7-16)33(14-17-8-9-18(27)19(28)10-17)25(35)15-34(39(2,37)38)23-13-21(30)20(29)12-22(23)31/h3-10,12-13,24H,11,14-15H2,1-2H3,(H,32,36)/t24-/m0/s1. The summed E-state index contributed by atoms with van der Waals surface area (Å²) in [6.45, 7) is -0.729. The maximum absolute atomic E-state index is 13.9. The van der Waals surface area contributed by atoms with Crippen molar-refractivity contribution in [3.05, 3.63) is 96.9 Å². The molecule has 7 nitrogen and oxygen atoms in total. The van der Waals surface area contributed by atoms with Crippen molar-refractivity contribution in [2.24, 2.45) is 0 Å². The molecule has 3 aromatic carbocycles. The molecular formula is C26H24Cl5N3O4S. The van der Waals surface area contributed by atoms with E-state index in [1.54, 1.807) is 18.2 Å². The number of halogens is 5. The third kappa shape index (κ3) is 8.16. The zero-order chi connectivity index (χ0) is 28.9. The molecule has 0 aromatic heterocycles. The van der Waals surface area contributed by atoms with Crippen LogP contribution in [-0.4, -0.2) is 51.0 Å². The van der Waals surface area contributed by atoms with E-state index >= 15 is 0 Å². The van der Waals surface area contributed by atoms with Crippen LogP contribution in [0.4, 0.5) is 5.69 Å². The fraction of sp³-hybridized carbons (Fsp3) is 0.231. The Morgan fingerprint density at radius 2 is 1.44 bits per heavy atom. The van der Waals surface area contributed by atoms with E-state index in [2.05, 4.69) is 5.32 Å². The summed E-state index contributed by atoms with van der Waals surface area (Å²) in [4.78, 5) is 28.3. The molecule has 3 rings (SSSR count). The van der Waals surface area contributed by atoms with E-state index in [4.69, 9.17) is 58.0 Å². The fourth-order valence-electron chi connectivity index (χ4n) is 3.85. The molecule has 0 bridgehead atoms. The van der Waals surface area contributed by atoms with Crippen molar-refractivity contribution in [2.75, 3.05) is 24.2 Å². The molecule has 0 unspecified atom stereocenters. The second kappa shape index (κ2) is 13.4. The van der Waals surface area contributed by atoms with E-state index in [-0.39, 0.29) is 38.7 Å². The van der Waals surface area contributed by atoms with E-state index in [1.807, 2.05) is 30.3 Å². The van der Waals surface area contributed by atoms with Gasteiger partial charge in [-0.25, -0.2) is 8.42 Å². The summed E-state index contributed by atoms with van der Waals surface area (Å²) < 4.78 is 26.5. The molecule has 3 aromatic rings. The molecule has 0 aliphatic heterocycles. The van der Waals surface area contributed by atoms with Crippen LogP contribution >= 0.6 is 58.0 Å². The first-order valence-electron chi connectivity index (χ1n) is 11.4. The van der Waals surface area contributed by atoms with Crippen molar-refractivity contribution >= 4 is 85.5 Å². The smallest absolute Gasteiger partial charge is 0.244 e. The number of carbonyl (C=O) groups is 2. The Hall–Kier alpha value is -2.20. The molecule has 2 amide bonds. The quantitative estimate of drug-likeness (QED) is 0.268. The molecule has 1 atom stereocenters. The summed E-state index contributed by atoms with van der Waals surface area (Å²) in [5.74, 6) is -1.11.